The van der Waals surface area contributed by atoms with E-state index in [1.807, 2.05) is 41.0 Å². The van der Waals surface area contributed by atoms with Crippen molar-refractivity contribution in [3.05, 3.63) is 66.9 Å². The van der Waals surface area contributed by atoms with E-state index in [1.54, 1.807) is 12.1 Å². The summed E-state index contributed by atoms with van der Waals surface area (Å²) in [5.41, 5.74) is 4.78. The minimum Gasteiger partial charge on any atom is -0.371 e. The molecule has 198 valence electrons. The molecule has 0 aliphatic carbocycles. The van der Waals surface area contributed by atoms with Gasteiger partial charge in [-0.1, -0.05) is 24.3 Å². The monoisotopic (exact) mass is 530 g/mol. The molecule has 9 heteroatoms. The van der Waals surface area contributed by atoms with E-state index < -0.39 is 9.84 Å². The third kappa shape index (κ3) is 4.93. The van der Waals surface area contributed by atoms with Crippen LogP contribution in [0.1, 0.15) is 12.8 Å². The fourth-order valence-electron chi connectivity index (χ4n) is 5.72. The topological polar surface area (TPSA) is 74.0 Å². The van der Waals surface area contributed by atoms with Crippen LogP contribution in [0.25, 0.3) is 28.2 Å². The molecule has 38 heavy (non-hydrogen) atoms. The van der Waals surface area contributed by atoms with Gasteiger partial charge in [-0.3, -0.25) is 4.90 Å². The first-order valence-corrected chi connectivity index (χ1v) is 15.2. The highest BCUT2D eigenvalue weighted by molar-refractivity contribution is 7.90. The molecule has 2 aliphatic rings. The van der Waals surface area contributed by atoms with E-state index in [4.69, 9.17) is 10.1 Å². The van der Waals surface area contributed by atoms with E-state index in [2.05, 4.69) is 39.9 Å². The van der Waals surface area contributed by atoms with E-state index >= 15 is 0 Å². The first-order chi connectivity index (χ1) is 18.4. The maximum atomic E-state index is 11.9. The molecule has 2 saturated heterocycles. The molecule has 0 atom stereocenters. The molecule has 2 fully saturated rings. The summed E-state index contributed by atoms with van der Waals surface area (Å²) in [6.45, 7) is 6.71. The van der Waals surface area contributed by atoms with Crippen LogP contribution in [0.4, 0.5) is 5.69 Å². The van der Waals surface area contributed by atoms with Crippen LogP contribution in [0.3, 0.4) is 0 Å². The summed E-state index contributed by atoms with van der Waals surface area (Å²) >= 11 is 0. The van der Waals surface area contributed by atoms with Crippen LogP contribution >= 0.6 is 0 Å². The van der Waals surface area contributed by atoms with E-state index in [0.29, 0.717) is 16.8 Å². The molecule has 0 N–H and O–H groups in total. The highest BCUT2D eigenvalue weighted by atomic mass is 32.2. The number of fused-ring (bicyclic) bond motifs is 1. The Morgan fingerprint density at radius 3 is 2.21 bits per heavy atom. The summed E-state index contributed by atoms with van der Waals surface area (Å²) in [4.78, 5) is 12.9. The van der Waals surface area contributed by atoms with Crippen molar-refractivity contribution >= 4 is 21.2 Å². The van der Waals surface area contributed by atoms with Crippen LogP contribution < -0.4 is 4.90 Å². The Bertz CT molecular complexity index is 1530. The number of hydrogen-bond acceptors (Lipinski definition) is 7. The van der Waals surface area contributed by atoms with Gasteiger partial charge < -0.3 is 9.80 Å². The van der Waals surface area contributed by atoms with Crippen molar-refractivity contribution in [2.24, 2.45) is 0 Å². The molecular weight excluding hydrogens is 496 g/mol. The maximum Gasteiger partial charge on any atom is 0.184 e. The second-order valence-electron chi connectivity index (χ2n) is 10.5. The zero-order valence-electron chi connectivity index (χ0n) is 22.0. The summed E-state index contributed by atoms with van der Waals surface area (Å²) in [7, 11) is -1.04. The first kappa shape index (κ1) is 25.0. The third-order valence-corrected chi connectivity index (χ3v) is 9.09. The Morgan fingerprint density at radius 2 is 1.50 bits per heavy atom. The second-order valence-corrected chi connectivity index (χ2v) is 12.5. The standard InChI is InChI=1S/C29H34N6O2S/c1-32-18-20-33(21-19-32)23-13-16-34(17-14-23)27-8-4-3-6-26(27)28-30-29-25(7-5-15-35(29)31-28)22-9-11-24(12-10-22)38(2,36)37/h3-12,15,23H,13-14,16-21H2,1-2H3. The molecule has 2 aromatic heterocycles. The van der Waals surface area contributed by atoms with Crippen molar-refractivity contribution < 1.29 is 8.42 Å². The Morgan fingerprint density at radius 1 is 0.816 bits per heavy atom. The van der Waals surface area contributed by atoms with Crippen LogP contribution in [0.5, 0.6) is 0 Å². The summed E-state index contributed by atoms with van der Waals surface area (Å²) < 4.78 is 25.6. The van der Waals surface area contributed by atoms with Gasteiger partial charge in [0.2, 0.25) is 0 Å². The summed E-state index contributed by atoms with van der Waals surface area (Å²) in [6.07, 6.45) is 5.47. The van der Waals surface area contributed by atoms with Gasteiger partial charge in [0.1, 0.15) is 0 Å². The molecule has 6 rings (SSSR count). The van der Waals surface area contributed by atoms with Gasteiger partial charge in [-0.15, -0.1) is 5.10 Å². The van der Waals surface area contributed by atoms with E-state index in [-0.39, 0.29) is 0 Å². The molecule has 0 bridgehead atoms. The minimum absolute atomic E-state index is 0.306. The lowest BCUT2D eigenvalue weighted by atomic mass is 10.0. The molecule has 0 amide bonds. The number of benzene rings is 2. The van der Waals surface area contributed by atoms with Crippen molar-refractivity contribution in [1.29, 1.82) is 0 Å². The minimum atomic E-state index is -3.25. The average molecular weight is 531 g/mol. The van der Waals surface area contributed by atoms with Crippen molar-refractivity contribution in [3.63, 3.8) is 0 Å². The highest BCUT2D eigenvalue weighted by Crippen LogP contribution is 2.33. The zero-order chi connectivity index (χ0) is 26.3. The molecule has 0 spiro atoms. The van der Waals surface area contributed by atoms with Crippen molar-refractivity contribution in [2.45, 2.75) is 23.8 Å². The number of piperidine rings is 1. The van der Waals surface area contributed by atoms with Crippen molar-refractivity contribution in [2.75, 3.05) is 57.5 Å². The molecule has 2 aromatic carbocycles. The summed E-state index contributed by atoms with van der Waals surface area (Å²) in [6, 6.07) is 20.0. The van der Waals surface area contributed by atoms with Gasteiger partial charge in [0, 0.05) is 74.6 Å². The molecule has 0 saturated carbocycles. The fraction of sp³-hybridized carbons (Fsp3) is 0.379. The molecule has 0 unspecified atom stereocenters. The van der Waals surface area contributed by atoms with Gasteiger partial charge in [0.05, 0.1) is 4.90 Å². The van der Waals surface area contributed by atoms with Crippen LogP contribution in [0.2, 0.25) is 0 Å². The van der Waals surface area contributed by atoms with Crippen LogP contribution in [0.15, 0.2) is 71.8 Å². The molecule has 4 heterocycles. The number of nitrogens with zero attached hydrogens (tertiary/aromatic N) is 6. The Kier molecular flexibility index (Phi) is 6.67. The lowest BCUT2D eigenvalue weighted by molar-refractivity contribution is 0.0982. The van der Waals surface area contributed by atoms with Gasteiger partial charge >= 0.3 is 0 Å². The smallest absolute Gasteiger partial charge is 0.184 e. The SMILES string of the molecule is CN1CCN(C2CCN(c3ccccc3-c3nc4c(-c5ccc(S(C)(=O)=O)cc5)cccn4n3)CC2)CC1. The zero-order valence-corrected chi connectivity index (χ0v) is 22.8. The number of pyridine rings is 1. The number of piperazine rings is 1. The van der Waals surface area contributed by atoms with Crippen LogP contribution in [0, 0.1) is 0 Å². The summed E-state index contributed by atoms with van der Waals surface area (Å²) in [5, 5.41) is 4.85. The normalized spacial score (nSPS) is 18.3. The number of likely N-dealkylation sites (N-methyl/N-ethyl adjacent to an activating group) is 1. The second kappa shape index (κ2) is 10.1. The highest BCUT2D eigenvalue weighted by Gasteiger charge is 2.28. The number of hydrogen-bond donors (Lipinski definition) is 0. The van der Waals surface area contributed by atoms with Crippen LogP contribution in [-0.4, -0.2) is 91.4 Å². The predicted octanol–water partition coefficient (Wildman–Crippen LogP) is 3.68. The molecule has 0 radical (unpaired) electrons. The van der Waals surface area contributed by atoms with Gasteiger partial charge in [0.15, 0.2) is 21.3 Å². The number of anilines is 1. The molecular formula is C29H34N6O2S. The molecule has 2 aliphatic heterocycles. The van der Waals surface area contributed by atoms with E-state index in [1.165, 1.54) is 37.9 Å². The van der Waals surface area contributed by atoms with Gasteiger partial charge in [0.25, 0.3) is 0 Å². The third-order valence-electron chi connectivity index (χ3n) is 7.96. The average Bonchev–Trinajstić information content (AvgIpc) is 3.38. The van der Waals surface area contributed by atoms with Crippen LogP contribution in [-0.2, 0) is 9.84 Å². The van der Waals surface area contributed by atoms with E-state index in [9.17, 15) is 8.42 Å². The van der Waals surface area contributed by atoms with Gasteiger partial charge in [-0.05, 0) is 61.9 Å². The predicted molar refractivity (Wildman–Crippen MR) is 151 cm³/mol. The fourth-order valence-corrected chi connectivity index (χ4v) is 6.36. The summed E-state index contributed by atoms with van der Waals surface area (Å²) in [5.74, 6) is 0.696. The Labute approximate surface area is 224 Å². The van der Waals surface area contributed by atoms with Crippen molar-refractivity contribution in [3.8, 4) is 22.5 Å². The van der Waals surface area contributed by atoms with Crippen molar-refractivity contribution in [1.82, 2.24) is 24.4 Å². The number of sulfone groups is 1. The quantitative estimate of drug-likeness (QED) is 0.390. The van der Waals surface area contributed by atoms with E-state index in [0.717, 1.165) is 48.5 Å². The Balaban J connectivity index is 1.27. The molecule has 8 nitrogen and oxygen atoms in total. The molecule has 4 aromatic rings. The maximum absolute atomic E-state index is 11.9. The largest absolute Gasteiger partial charge is 0.371 e. The Hall–Kier alpha value is -3.27. The first-order valence-electron chi connectivity index (χ1n) is 13.3. The van der Waals surface area contributed by atoms with Gasteiger partial charge in [-0.25, -0.2) is 17.9 Å². The lowest BCUT2D eigenvalue weighted by Gasteiger charge is -2.42. The lowest BCUT2D eigenvalue weighted by Crippen LogP contribution is -2.52. The number of rotatable bonds is 5. The number of para-hydroxylation sites is 1. The van der Waals surface area contributed by atoms with Gasteiger partial charge in [-0.2, -0.15) is 0 Å². The number of aromatic nitrogens is 3.